The fourth-order valence-corrected chi connectivity index (χ4v) is 6.08. The van der Waals surface area contributed by atoms with Crippen LogP contribution in [0.4, 0.5) is 5.69 Å². The molecule has 0 saturated carbocycles. The molecule has 8 nitrogen and oxygen atoms in total. The molecule has 3 aromatic rings. The summed E-state index contributed by atoms with van der Waals surface area (Å²) in [5, 5.41) is 2.95. The van der Waals surface area contributed by atoms with Crippen LogP contribution in [0.25, 0.3) is 0 Å². The van der Waals surface area contributed by atoms with Gasteiger partial charge in [-0.1, -0.05) is 73.9 Å². The highest BCUT2D eigenvalue weighted by molar-refractivity contribution is 7.92. The molecule has 0 aliphatic heterocycles. The van der Waals surface area contributed by atoms with Gasteiger partial charge in [-0.25, -0.2) is 8.42 Å². The Hall–Kier alpha value is -3.85. The Morgan fingerprint density at radius 1 is 0.881 bits per heavy atom. The summed E-state index contributed by atoms with van der Waals surface area (Å²) in [5.41, 5.74) is 3.88. The van der Waals surface area contributed by atoms with E-state index >= 15 is 0 Å². The van der Waals surface area contributed by atoms with Gasteiger partial charge in [-0.05, 0) is 69.0 Å². The molecule has 0 bridgehead atoms. The molecule has 1 N–H and O–H groups in total. The van der Waals surface area contributed by atoms with E-state index in [0.29, 0.717) is 18.7 Å². The second-order valence-corrected chi connectivity index (χ2v) is 12.4. The average molecular weight is 594 g/mol. The number of ether oxygens (including phenoxy) is 1. The maximum absolute atomic E-state index is 14.2. The molecule has 0 heterocycles. The van der Waals surface area contributed by atoms with Gasteiger partial charge in [0, 0.05) is 13.1 Å². The first-order valence-electron chi connectivity index (χ1n) is 14.4. The lowest BCUT2D eigenvalue weighted by Crippen LogP contribution is -2.52. The van der Waals surface area contributed by atoms with Crippen LogP contribution in [0.1, 0.15) is 55.4 Å². The molecular weight excluding hydrogens is 550 g/mol. The maximum atomic E-state index is 14.2. The number of hydrogen-bond acceptors (Lipinski definition) is 5. The van der Waals surface area contributed by atoms with Gasteiger partial charge >= 0.3 is 0 Å². The summed E-state index contributed by atoms with van der Waals surface area (Å²) in [4.78, 5) is 29.1. The first kappa shape index (κ1) is 32.7. The zero-order chi connectivity index (χ0) is 30.9. The Kier molecular flexibility index (Phi) is 11.6. The summed E-state index contributed by atoms with van der Waals surface area (Å²) in [6, 6.07) is 18.7. The molecular formula is C33H43N3O5S. The monoisotopic (exact) mass is 593 g/mol. The summed E-state index contributed by atoms with van der Waals surface area (Å²) in [6.45, 7) is 9.74. The fraction of sp³-hybridized carbons (Fsp3) is 0.394. The lowest BCUT2D eigenvalue weighted by Gasteiger charge is -2.33. The van der Waals surface area contributed by atoms with Crippen molar-refractivity contribution in [3.05, 3.63) is 89.0 Å². The minimum Gasteiger partial charge on any atom is -0.495 e. The number of methoxy groups -OCH3 is 1. The predicted octanol–water partition coefficient (Wildman–Crippen LogP) is 5.54. The number of unbranched alkanes of at least 4 members (excludes halogenated alkanes) is 1. The van der Waals surface area contributed by atoms with Crippen molar-refractivity contribution in [1.29, 1.82) is 0 Å². The first-order chi connectivity index (χ1) is 20.0. The van der Waals surface area contributed by atoms with Crippen molar-refractivity contribution in [2.24, 2.45) is 0 Å². The molecule has 0 fully saturated rings. The second kappa shape index (κ2) is 14.9. The Balaban J connectivity index is 2.10. The SMILES string of the molecule is CCCCNC(=O)[C@@H](CC)N(Cc1ccc(C)cc1)C(=O)CN(c1cc(C)ccc1OC)S(=O)(=O)c1ccc(C)cc1. The van der Waals surface area contributed by atoms with Crippen molar-refractivity contribution < 1.29 is 22.7 Å². The van der Waals surface area contributed by atoms with E-state index < -0.39 is 28.5 Å². The van der Waals surface area contributed by atoms with Crippen molar-refractivity contribution >= 4 is 27.5 Å². The maximum Gasteiger partial charge on any atom is 0.264 e. The fourth-order valence-electron chi connectivity index (χ4n) is 4.66. The summed E-state index contributed by atoms with van der Waals surface area (Å²) in [5.74, 6) is -0.432. The molecule has 2 amide bonds. The number of sulfonamides is 1. The number of hydrogen-bond donors (Lipinski definition) is 1. The standard InChI is InChI=1S/C33H43N3O5S/c1-7-9-20-34-33(38)29(8-2)35(22-27-15-10-24(3)11-16-27)32(37)23-36(30-21-26(5)14-19-31(30)41-6)42(39,40)28-17-12-25(4)13-18-28/h10-19,21,29H,7-9,20,22-23H2,1-6H3,(H,34,38)/t29-/m1/s1. The van der Waals surface area contributed by atoms with Crippen LogP contribution in [-0.4, -0.2) is 51.4 Å². The topological polar surface area (TPSA) is 96.0 Å². The minimum absolute atomic E-state index is 0.0545. The summed E-state index contributed by atoms with van der Waals surface area (Å²) >= 11 is 0. The lowest BCUT2D eigenvalue weighted by atomic mass is 10.1. The van der Waals surface area contributed by atoms with Crippen LogP contribution in [0.3, 0.4) is 0 Å². The average Bonchev–Trinajstić information content (AvgIpc) is 2.97. The number of nitrogens with one attached hydrogen (secondary N) is 1. The molecule has 0 aromatic heterocycles. The highest BCUT2D eigenvalue weighted by Gasteiger charge is 2.34. The van der Waals surface area contributed by atoms with Gasteiger partial charge in [0.25, 0.3) is 10.0 Å². The number of aryl methyl sites for hydroxylation is 3. The van der Waals surface area contributed by atoms with Gasteiger partial charge in [0.2, 0.25) is 11.8 Å². The third-order valence-electron chi connectivity index (χ3n) is 7.18. The van der Waals surface area contributed by atoms with E-state index in [-0.39, 0.29) is 23.0 Å². The van der Waals surface area contributed by atoms with Crippen LogP contribution in [-0.2, 0) is 26.2 Å². The molecule has 42 heavy (non-hydrogen) atoms. The van der Waals surface area contributed by atoms with E-state index in [1.54, 1.807) is 24.3 Å². The number of amides is 2. The Labute approximate surface area is 250 Å². The number of benzene rings is 3. The van der Waals surface area contributed by atoms with Gasteiger partial charge in [0.15, 0.2) is 0 Å². The van der Waals surface area contributed by atoms with E-state index in [4.69, 9.17) is 4.74 Å². The number of rotatable bonds is 14. The molecule has 3 rings (SSSR count). The van der Waals surface area contributed by atoms with Gasteiger partial charge in [-0.3, -0.25) is 13.9 Å². The van der Waals surface area contributed by atoms with Gasteiger partial charge < -0.3 is 15.0 Å². The van der Waals surface area contributed by atoms with Gasteiger partial charge in [-0.2, -0.15) is 0 Å². The van der Waals surface area contributed by atoms with E-state index in [1.807, 2.05) is 65.0 Å². The van der Waals surface area contributed by atoms with Gasteiger partial charge in [-0.15, -0.1) is 0 Å². The molecule has 0 unspecified atom stereocenters. The number of carbonyl (C=O) groups is 2. The molecule has 0 saturated heterocycles. The quantitative estimate of drug-likeness (QED) is 0.248. The first-order valence-corrected chi connectivity index (χ1v) is 15.8. The van der Waals surface area contributed by atoms with Crippen LogP contribution in [0, 0.1) is 20.8 Å². The van der Waals surface area contributed by atoms with Crippen molar-refractivity contribution in [2.45, 2.75) is 71.4 Å². The van der Waals surface area contributed by atoms with Crippen LogP contribution in [0.2, 0.25) is 0 Å². The Bertz CT molecular complexity index is 1450. The molecule has 0 radical (unpaired) electrons. The molecule has 3 aromatic carbocycles. The molecule has 0 aliphatic rings. The van der Waals surface area contributed by atoms with Crippen molar-refractivity contribution in [3.63, 3.8) is 0 Å². The zero-order valence-corrected chi connectivity index (χ0v) is 26.3. The smallest absolute Gasteiger partial charge is 0.264 e. The number of carbonyl (C=O) groups excluding carboxylic acids is 2. The normalized spacial score (nSPS) is 12.0. The predicted molar refractivity (Wildman–Crippen MR) is 167 cm³/mol. The minimum atomic E-state index is -4.19. The second-order valence-electron chi connectivity index (χ2n) is 10.6. The Morgan fingerprint density at radius 3 is 2.05 bits per heavy atom. The van der Waals surface area contributed by atoms with Gasteiger partial charge in [0.05, 0.1) is 17.7 Å². The molecule has 9 heteroatoms. The zero-order valence-electron chi connectivity index (χ0n) is 25.5. The third-order valence-corrected chi connectivity index (χ3v) is 8.95. The third kappa shape index (κ3) is 8.12. The van der Waals surface area contributed by atoms with Crippen LogP contribution in [0.5, 0.6) is 5.75 Å². The van der Waals surface area contributed by atoms with E-state index in [1.165, 1.54) is 24.1 Å². The highest BCUT2D eigenvalue weighted by atomic mass is 32.2. The lowest BCUT2D eigenvalue weighted by molar-refractivity contribution is -0.140. The molecule has 0 aliphatic carbocycles. The van der Waals surface area contributed by atoms with E-state index in [2.05, 4.69) is 5.32 Å². The van der Waals surface area contributed by atoms with Crippen LogP contribution in [0.15, 0.2) is 71.6 Å². The van der Waals surface area contributed by atoms with Crippen molar-refractivity contribution in [1.82, 2.24) is 10.2 Å². The largest absolute Gasteiger partial charge is 0.495 e. The van der Waals surface area contributed by atoms with E-state index in [9.17, 15) is 18.0 Å². The summed E-state index contributed by atoms with van der Waals surface area (Å²) < 4.78 is 34.9. The molecule has 1 atom stereocenters. The molecule has 226 valence electrons. The number of nitrogens with zero attached hydrogens (tertiary/aromatic N) is 2. The Morgan fingerprint density at radius 2 is 1.48 bits per heavy atom. The highest BCUT2D eigenvalue weighted by Crippen LogP contribution is 2.34. The van der Waals surface area contributed by atoms with Gasteiger partial charge in [0.1, 0.15) is 18.3 Å². The van der Waals surface area contributed by atoms with Crippen molar-refractivity contribution in [2.75, 3.05) is 24.5 Å². The van der Waals surface area contributed by atoms with E-state index in [0.717, 1.165) is 39.4 Å². The van der Waals surface area contributed by atoms with Crippen molar-refractivity contribution in [3.8, 4) is 5.75 Å². The summed E-state index contributed by atoms with van der Waals surface area (Å²) in [7, 11) is -2.73. The van der Waals surface area contributed by atoms with Crippen LogP contribution >= 0.6 is 0 Å². The van der Waals surface area contributed by atoms with Crippen LogP contribution < -0.4 is 14.4 Å². The number of anilines is 1. The molecule has 0 spiro atoms. The summed E-state index contributed by atoms with van der Waals surface area (Å²) in [6.07, 6.45) is 2.12.